The third-order valence-corrected chi connectivity index (χ3v) is 3.47. The summed E-state index contributed by atoms with van der Waals surface area (Å²) < 4.78 is 11.6. The van der Waals surface area contributed by atoms with Crippen LogP contribution in [0.1, 0.15) is 36.1 Å². The zero-order valence-corrected chi connectivity index (χ0v) is 12.2. The SMILES string of the molecule is CNCc1c(C)cc(C)nc1OCC1CCCCO1. The second-order valence-electron chi connectivity index (χ2n) is 5.19. The lowest BCUT2D eigenvalue weighted by Gasteiger charge is -2.23. The quantitative estimate of drug-likeness (QED) is 0.886. The van der Waals surface area contributed by atoms with Crippen LogP contribution in [0.25, 0.3) is 0 Å². The van der Waals surface area contributed by atoms with E-state index in [-0.39, 0.29) is 6.10 Å². The summed E-state index contributed by atoms with van der Waals surface area (Å²) in [7, 11) is 1.94. The van der Waals surface area contributed by atoms with Crippen LogP contribution in [-0.2, 0) is 11.3 Å². The molecule has 1 aliphatic rings. The number of ether oxygens (including phenoxy) is 2. The molecule has 0 amide bonds. The van der Waals surface area contributed by atoms with Crippen molar-refractivity contribution < 1.29 is 9.47 Å². The van der Waals surface area contributed by atoms with E-state index in [9.17, 15) is 0 Å². The molecule has 1 aliphatic heterocycles. The molecule has 0 spiro atoms. The maximum atomic E-state index is 5.91. The van der Waals surface area contributed by atoms with E-state index in [0.717, 1.165) is 36.7 Å². The van der Waals surface area contributed by atoms with E-state index in [1.165, 1.54) is 18.4 Å². The van der Waals surface area contributed by atoms with Gasteiger partial charge in [-0.2, -0.15) is 0 Å². The van der Waals surface area contributed by atoms with E-state index in [0.29, 0.717) is 6.61 Å². The Kier molecular flexibility index (Phi) is 5.16. The van der Waals surface area contributed by atoms with Gasteiger partial charge < -0.3 is 14.8 Å². The van der Waals surface area contributed by atoms with Gasteiger partial charge in [0.05, 0.1) is 6.10 Å². The van der Waals surface area contributed by atoms with Crippen LogP contribution < -0.4 is 10.1 Å². The molecule has 0 aliphatic carbocycles. The minimum atomic E-state index is 0.221. The molecular formula is C15H24N2O2. The summed E-state index contributed by atoms with van der Waals surface area (Å²) in [4.78, 5) is 4.52. The van der Waals surface area contributed by atoms with E-state index in [4.69, 9.17) is 9.47 Å². The summed E-state index contributed by atoms with van der Waals surface area (Å²) >= 11 is 0. The molecule has 1 unspecified atom stereocenters. The molecule has 0 saturated carbocycles. The van der Waals surface area contributed by atoms with Gasteiger partial charge in [-0.05, 0) is 51.8 Å². The molecule has 4 heteroatoms. The van der Waals surface area contributed by atoms with Crippen molar-refractivity contribution in [1.82, 2.24) is 10.3 Å². The molecule has 1 aromatic rings. The van der Waals surface area contributed by atoms with Gasteiger partial charge in [0.25, 0.3) is 0 Å². The third kappa shape index (κ3) is 3.91. The fraction of sp³-hybridized carbons (Fsp3) is 0.667. The van der Waals surface area contributed by atoms with Crippen molar-refractivity contribution in [3.8, 4) is 5.88 Å². The molecular weight excluding hydrogens is 240 g/mol. The summed E-state index contributed by atoms with van der Waals surface area (Å²) in [5.74, 6) is 0.751. The Labute approximate surface area is 115 Å². The van der Waals surface area contributed by atoms with Gasteiger partial charge in [-0.25, -0.2) is 4.98 Å². The van der Waals surface area contributed by atoms with Crippen LogP contribution in [0, 0.1) is 13.8 Å². The zero-order chi connectivity index (χ0) is 13.7. The highest BCUT2D eigenvalue weighted by molar-refractivity contribution is 5.35. The van der Waals surface area contributed by atoms with Crippen molar-refractivity contribution in [1.29, 1.82) is 0 Å². The number of aryl methyl sites for hydroxylation is 2. The predicted octanol–water partition coefficient (Wildman–Crippen LogP) is 2.37. The molecule has 1 N–H and O–H groups in total. The third-order valence-electron chi connectivity index (χ3n) is 3.47. The summed E-state index contributed by atoms with van der Waals surface area (Å²) in [5, 5.41) is 3.17. The first-order valence-corrected chi connectivity index (χ1v) is 7.07. The molecule has 1 aromatic heterocycles. The van der Waals surface area contributed by atoms with E-state index < -0.39 is 0 Å². The molecule has 1 atom stereocenters. The van der Waals surface area contributed by atoms with Gasteiger partial charge in [0, 0.05) is 24.4 Å². The number of rotatable bonds is 5. The molecule has 106 valence electrons. The summed E-state index contributed by atoms with van der Waals surface area (Å²) in [6, 6.07) is 2.09. The lowest BCUT2D eigenvalue weighted by atomic mass is 10.1. The first-order chi connectivity index (χ1) is 9.20. The van der Waals surface area contributed by atoms with Gasteiger partial charge in [0.15, 0.2) is 0 Å². The normalized spacial score (nSPS) is 19.4. The smallest absolute Gasteiger partial charge is 0.218 e. The van der Waals surface area contributed by atoms with E-state index >= 15 is 0 Å². The van der Waals surface area contributed by atoms with Gasteiger partial charge >= 0.3 is 0 Å². The van der Waals surface area contributed by atoms with Crippen LogP contribution in [0.5, 0.6) is 5.88 Å². The van der Waals surface area contributed by atoms with Gasteiger partial charge in [0.1, 0.15) is 6.61 Å². The van der Waals surface area contributed by atoms with Crippen LogP contribution in [0.3, 0.4) is 0 Å². The van der Waals surface area contributed by atoms with Crippen molar-refractivity contribution in [3.05, 3.63) is 22.9 Å². The van der Waals surface area contributed by atoms with Gasteiger partial charge in [0.2, 0.25) is 5.88 Å². The highest BCUT2D eigenvalue weighted by Crippen LogP contribution is 2.22. The van der Waals surface area contributed by atoms with Crippen molar-refractivity contribution in [3.63, 3.8) is 0 Å². The van der Waals surface area contributed by atoms with Crippen LogP contribution in [-0.4, -0.2) is 31.3 Å². The summed E-state index contributed by atoms with van der Waals surface area (Å²) in [5.41, 5.74) is 3.36. The molecule has 0 radical (unpaired) electrons. The number of hydrogen-bond acceptors (Lipinski definition) is 4. The van der Waals surface area contributed by atoms with E-state index in [2.05, 4.69) is 23.3 Å². The molecule has 0 bridgehead atoms. The van der Waals surface area contributed by atoms with Gasteiger partial charge in [-0.15, -0.1) is 0 Å². The molecule has 1 fully saturated rings. The lowest BCUT2D eigenvalue weighted by molar-refractivity contribution is -0.0121. The standard InChI is InChI=1S/C15H24N2O2/c1-11-8-12(2)17-15(14(11)9-16-3)19-10-13-6-4-5-7-18-13/h8,13,16H,4-7,9-10H2,1-3H3. The zero-order valence-electron chi connectivity index (χ0n) is 12.2. The maximum Gasteiger partial charge on any atom is 0.218 e. The lowest BCUT2D eigenvalue weighted by Crippen LogP contribution is -2.26. The van der Waals surface area contributed by atoms with E-state index in [1.54, 1.807) is 0 Å². The molecule has 1 saturated heterocycles. The first-order valence-electron chi connectivity index (χ1n) is 7.07. The first kappa shape index (κ1) is 14.3. The molecule has 4 nitrogen and oxygen atoms in total. The topological polar surface area (TPSA) is 43.4 Å². The molecule has 2 rings (SSSR count). The van der Waals surface area contributed by atoms with Gasteiger partial charge in [-0.1, -0.05) is 0 Å². The monoisotopic (exact) mass is 264 g/mol. The highest BCUT2D eigenvalue weighted by atomic mass is 16.5. The number of pyridine rings is 1. The number of aromatic nitrogens is 1. The number of nitrogens with one attached hydrogen (secondary N) is 1. The Balaban J connectivity index is 2.04. The maximum absolute atomic E-state index is 5.91. The van der Waals surface area contributed by atoms with Crippen molar-refractivity contribution in [2.75, 3.05) is 20.3 Å². The minimum Gasteiger partial charge on any atom is -0.475 e. The van der Waals surface area contributed by atoms with Crippen molar-refractivity contribution >= 4 is 0 Å². The van der Waals surface area contributed by atoms with Crippen molar-refractivity contribution in [2.45, 2.75) is 45.8 Å². The highest BCUT2D eigenvalue weighted by Gasteiger charge is 2.16. The van der Waals surface area contributed by atoms with E-state index in [1.807, 2.05) is 14.0 Å². The molecule has 2 heterocycles. The second-order valence-corrected chi connectivity index (χ2v) is 5.19. The Morgan fingerprint density at radius 2 is 2.26 bits per heavy atom. The van der Waals surface area contributed by atoms with Gasteiger partial charge in [-0.3, -0.25) is 0 Å². The van der Waals surface area contributed by atoms with Crippen LogP contribution in [0.2, 0.25) is 0 Å². The van der Waals surface area contributed by atoms with Crippen LogP contribution in [0.4, 0.5) is 0 Å². The number of nitrogens with zero attached hydrogens (tertiary/aromatic N) is 1. The average Bonchev–Trinajstić information content (AvgIpc) is 2.41. The second kappa shape index (κ2) is 6.87. The molecule has 0 aromatic carbocycles. The Bertz CT molecular complexity index is 415. The largest absolute Gasteiger partial charge is 0.475 e. The fourth-order valence-electron chi connectivity index (χ4n) is 2.45. The summed E-state index contributed by atoms with van der Waals surface area (Å²) in [6.07, 6.45) is 3.71. The fourth-order valence-corrected chi connectivity index (χ4v) is 2.45. The van der Waals surface area contributed by atoms with Crippen molar-refractivity contribution in [2.24, 2.45) is 0 Å². The Hall–Kier alpha value is -1.13. The summed E-state index contributed by atoms with van der Waals surface area (Å²) in [6.45, 7) is 6.34. The number of hydrogen-bond donors (Lipinski definition) is 1. The Morgan fingerprint density at radius 1 is 1.42 bits per heavy atom. The average molecular weight is 264 g/mol. The Morgan fingerprint density at radius 3 is 2.95 bits per heavy atom. The predicted molar refractivity (Wildman–Crippen MR) is 75.6 cm³/mol. The minimum absolute atomic E-state index is 0.221. The molecule has 19 heavy (non-hydrogen) atoms. The van der Waals surface area contributed by atoms with Crippen LogP contribution in [0.15, 0.2) is 6.07 Å². The van der Waals surface area contributed by atoms with Crippen LogP contribution >= 0.6 is 0 Å².